The first-order valence-electron chi connectivity index (χ1n) is 7.83. The van der Waals surface area contributed by atoms with E-state index in [1.807, 2.05) is 12.1 Å². The zero-order chi connectivity index (χ0) is 15.0. The van der Waals surface area contributed by atoms with Crippen LogP contribution in [-0.4, -0.2) is 27.3 Å². The van der Waals surface area contributed by atoms with Crippen LogP contribution >= 0.6 is 0 Å². The van der Waals surface area contributed by atoms with Crippen LogP contribution in [0.1, 0.15) is 38.5 Å². The van der Waals surface area contributed by atoms with Crippen molar-refractivity contribution in [2.24, 2.45) is 5.92 Å². The average Bonchev–Trinajstić information content (AvgIpc) is 2.46. The summed E-state index contributed by atoms with van der Waals surface area (Å²) in [6, 6.07) is 5.93. The van der Waals surface area contributed by atoms with Crippen molar-refractivity contribution in [2.45, 2.75) is 49.5 Å². The lowest BCUT2D eigenvalue weighted by molar-refractivity contribution is 0.244. The smallest absolute Gasteiger partial charge is 0.177 e. The normalized spacial score (nSPS) is 26.4. The molecule has 0 bridgehead atoms. The van der Waals surface area contributed by atoms with E-state index in [-0.39, 0.29) is 4.90 Å². The second-order valence-corrected chi connectivity index (χ2v) is 8.39. The topological polar surface area (TPSA) is 63.4 Å². The summed E-state index contributed by atoms with van der Waals surface area (Å²) in [5.41, 5.74) is 7.54. The Hall–Kier alpha value is -1.23. The zero-order valence-corrected chi connectivity index (χ0v) is 13.4. The summed E-state index contributed by atoms with van der Waals surface area (Å²) >= 11 is 0. The Kier molecular flexibility index (Phi) is 3.86. The van der Waals surface area contributed by atoms with Gasteiger partial charge in [-0.25, -0.2) is 8.42 Å². The number of anilines is 2. The molecule has 0 radical (unpaired) electrons. The second kappa shape index (κ2) is 5.52. The van der Waals surface area contributed by atoms with Crippen molar-refractivity contribution < 1.29 is 8.42 Å². The number of nitrogen functional groups attached to an aromatic ring is 1. The van der Waals surface area contributed by atoms with Gasteiger partial charge in [0.05, 0.1) is 16.3 Å². The Labute approximate surface area is 127 Å². The van der Waals surface area contributed by atoms with Crippen LogP contribution in [0.25, 0.3) is 0 Å². The SMILES string of the molecule is CS(=O)(=O)c1cccc(N2CCCC3CCCCC32)c1N. The molecule has 1 saturated carbocycles. The number of para-hydroxylation sites is 1. The standard InChI is InChI=1S/C16H24N2O2S/c1-21(19,20)15-10-4-9-14(16(15)17)18-11-5-7-12-6-2-3-8-13(12)18/h4,9-10,12-13H,2-3,5-8,11,17H2,1H3. The molecule has 2 atom stereocenters. The first-order chi connectivity index (χ1) is 9.98. The van der Waals surface area contributed by atoms with E-state index in [0.717, 1.165) is 18.2 Å². The lowest BCUT2D eigenvalue weighted by Crippen LogP contribution is -2.47. The molecule has 1 aromatic carbocycles. The fourth-order valence-corrected chi connectivity index (χ4v) is 4.86. The second-order valence-electron chi connectivity index (χ2n) is 6.41. The van der Waals surface area contributed by atoms with E-state index < -0.39 is 9.84 Å². The molecule has 0 amide bonds. The predicted octanol–water partition coefficient (Wildman–Crippen LogP) is 2.83. The van der Waals surface area contributed by atoms with Gasteiger partial charge in [0.15, 0.2) is 9.84 Å². The predicted molar refractivity (Wildman–Crippen MR) is 86.3 cm³/mol. The van der Waals surface area contributed by atoms with Crippen LogP contribution in [-0.2, 0) is 9.84 Å². The van der Waals surface area contributed by atoms with Crippen molar-refractivity contribution in [3.8, 4) is 0 Å². The molecule has 2 fully saturated rings. The number of sulfone groups is 1. The van der Waals surface area contributed by atoms with Crippen LogP contribution in [0.5, 0.6) is 0 Å². The summed E-state index contributed by atoms with van der Waals surface area (Å²) in [6.07, 6.45) is 8.79. The fraction of sp³-hybridized carbons (Fsp3) is 0.625. The van der Waals surface area contributed by atoms with Crippen molar-refractivity contribution in [3.63, 3.8) is 0 Å². The molecule has 3 rings (SSSR count). The maximum Gasteiger partial charge on any atom is 0.177 e. The Balaban J connectivity index is 1.99. The van der Waals surface area contributed by atoms with E-state index in [1.165, 1.54) is 44.8 Å². The van der Waals surface area contributed by atoms with E-state index in [1.54, 1.807) is 6.07 Å². The van der Waals surface area contributed by atoms with E-state index in [4.69, 9.17) is 5.73 Å². The maximum atomic E-state index is 11.9. The Bertz CT molecular complexity index is 625. The lowest BCUT2D eigenvalue weighted by atomic mass is 9.78. The number of piperidine rings is 1. The molecule has 1 aromatic rings. The minimum absolute atomic E-state index is 0.262. The number of hydrogen-bond acceptors (Lipinski definition) is 4. The minimum Gasteiger partial charge on any atom is -0.396 e. The van der Waals surface area contributed by atoms with Gasteiger partial charge in [0.2, 0.25) is 0 Å². The Morgan fingerprint density at radius 2 is 1.86 bits per heavy atom. The van der Waals surface area contributed by atoms with Gasteiger partial charge in [0.1, 0.15) is 0 Å². The van der Waals surface area contributed by atoms with E-state index in [0.29, 0.717) is 11.7 Å². The third kappa shape index (κ3) is 2.76. The highest BCUT2D eigenvalue weighted by Crippen LogP contribution is 2.40. The van der Waals surface area contributed by atoms with Crippen molar-refractivity contribution >= 4 is 21.2 Å². The molecule has 2 aliphatic rings. The van der Waals surface area contributed by atoms with E-state index in [2.05, 4.69) is 4.90 Å². The Morgan fingerprint density at radius 3 is 2.62 bits per heavy atom. The van der Waals surface area contributed by atoms with Gasteiger partial charge in [-0.1, -0.05) is 18.9 Å². The molecule has 2 unspecified atom stereocenters. The third-order valence-electron chi connectivity index (χ3n) is 5.00. The third-order valence-corrected chi connectivity index (χ3v) is 6.15. The number of hydrogen-bond donors (Lipinski definition) is 1. The van der Waals surface area contributed by atoms with Gasteiger partial charge in [-0.05, 0) is 43.7 Å². The molecule has 0 spiro atoms. The molecular formula is C16H24N2O2S. The van der Waals surface area contributed by atoms with Crippen LogP contribution in [0.4, 0.5) is 11.4 Å². The van der Waals surface area contributed by atoms with Crippen molar-refractivity contribution in [1.29, 1.82) is 0 Å². The van der Waals surface area contributed by atoms with Crippen LogP contribution in [0.2, 0.25) is 0 Å². The summed E-state index contributed by atoms with van der Waals surface area (Å²) in [4.78, 5) is 2.63. The van der Waals surface area contributed by atoms with Gasteiger partial charge in [-0.15, -0.1) is 0 Å². The number of nitrogens with two attached hydrogens (primary N) is 1. The minimum atomic E-state index is -3.28. The van der Waals surface area contributed by atoms with E-state index >= 15 is 0 Å². The number of benzene rings is 1. The molecule has 0 aromatic heterocycles. The van der Waals surface area contributed by atoms with Crippen molar-refractivity contribution in [2.75, 3.05) is 23.4 Å². The van der Waals surface area contributed by atoms with Crippen LogP contribution in [0, 0.1) is 5.92 Å². The van der Waals surface area contributed by atoms with Gasteiger partial charge < -0.3 is 10.6 Å². The van der Waals surface area contributed by atoms with Gasteiger partial charge in [-0.2, -0.15) is 0 Å². The molecule has 5 heteroatoms. The molecule has 116 valence electrons. The molecule has 1 aliphatic carbocycles. The zero-order valence-electron chi connectivity index (χ0n) is 12.6. The van der Waals surface area contributed by atoms with Crippen LogP contribution in [0.3, 0.4) is 0 Å². The van der Waals surface area contributed by atoms with Crippen LogP contribution < -0.4 is 10.6 Å². The monoisotopic (exact) mass is 308 g/mol. The van der Waals surface area contributed by atoms with E-state index in [9.17, 15) is 8.42 Å². The summed E-state index contributed by atoms with van der Waals surface area (Å²) in [6.45, 7) is 0.985. The molecule has 1 saturated heterocycles. The highest BCUT2D eigenvalue weighted by Gasteiger charge is 2.34. The first-order valence-corrected chi connectivity index (χ1v) is 9.73. The number of nitrogens with zero attached hydrogens (tertiary/aromatic N) is 1. The molecule has 4 nitrogen and oxygen atoms in total. The maximum absolute atomic E-state index is 11.9. The molecule has 21 heavy (non-hydrogen) atoms. The highest BCUT2D eigenvalue weighted by atomic mass is 32.2. The average molecular weight is 308 g/mol. The number of rotatable bonds is 2. The number of fused-ring (bicyclic) bond motifs is 1. The lowest BCUT2D eigenvalue weighted by Gasteiger charge is -2.46. The summed E-state index contributed by atoms with van der Waals surface area (Å²) < 4.78 is 23.7. The van der Waals surface area contributed by atoms with Gasteiger partial charge in [-0.3, -0.25) is 0 Å². The van der Waals surface area contributed by atoms with Gasteiger partial charge >= 0.3 is 0 Å². The molecule has 1 aliphatic heterocycles. The summed E-state index contributed by atoms with van der Waals surface area (Å²) in [5, 5.41) is 0. The highest BCUT2D eigenvalue weighted by molar-refractivity contribution is 7.90. The van der Waals surface area contributed by atoms with Crippen molar-refractivity contribution in [1.82, 2.24) is 0 Å². The Morgan fingerprint density at radius 1 is 1.14 bits per heavy atom. The first kappa shape index (κ1) is 14.7. The summed E-state index contributed by atoms with van der Waals surface area (Å²) in [5.74, 6) is 0.744. The molecule has 2 N–H and O–H groups in total. The summed E-state index contributed by atoms with van der Waals surface area (Å²) in [7, 11) is -3.28. The van der Waals surface area contributed by atoms with Gasteiger partial charge in [0.25, 0.3) is 0 Å². The largest absolute Gasteiger partial charge is 0.396 e. The van der Waals surface area contributed by atoms with Crippen LogP contribution in [0.15, 0.2) is 23.1 Å². The van der Waals surface area contributed by atoms with Gasteiger partial charge in [0, 0.05) is 18.8 Å². The quantitative estimate of drug-likeness (QED) is 0.853. The molecular weight excluding hydrogens is 284 g/mol. The fourth-order valence-electron chi connectivity index (χ4n) is 4.03. The molecule has 1 heterocycles. The van der Waals surface area contributed by atoms with Crippen molar-refractivity contribution in [3.05, 3.63) is 18.2 Å².